The van der Waals surface area contributed by atoms with Crippen molar-refractivity contribution < 1.29 is 76.8 Å². The Morgan fingerprint density at radius 1 is 0.636 bits per heavy atom. The first-order valence-corrected chi connectivity index (χ1v) is 7.06. The third-order valence-electron chi connectivity index (χ3n) is 2.17. The van der Waals surface area contributed by atoms with E-state index in [-0.39, 0.29) is 88.1 Å². The molecular formula is C16H29KO5. The van der Waals surface area contributed by atoms with E-state index in [2.05, 4.69) is 0 Å². The minimum Gasteiger partial charge on any atom is -1.00 e. The number of carbonyl (C=O) groups is 5. The molecule has 0 N–H and O–H groups in total. The summed E-state index contributed by atoms with van der Waals surface area (Å²) in [6, 6.07) is 0. The summed E-state index contributed by atoms with van der Waals surface area (Å²) >= 11 is 0. The molecule has 0 amide bonds. The van der Waals surface area contributed by atoms with E-state index in [1.54, 1.807) is 13.8 Å². The molecule has 0 heterocycles. The number of Topliss-reactive ketones (excluding diaryl/α,β-unsaturated/α-hetero) is 5. The van der Waals surface area contributed by atoms with Gasteiger partial charge in [0.1, 0.15) is 28.9 Å². The molecule has 0 rings (SSSR count). The third kappa shape index (κ3) is 42.7. The van der Waals surface area contributed by atoms with Crippen molar-refractivity contribution in [1.82, 2.24) is 0 Å². The maximum Gasteiger partial charge on any atom is 1.00 e. The van der Waals surface area contributed by atoms with Crippen LogP contribution in [0.5, 0.6) is 0 Å². The van der Waals surface area contributed by atoms with Crippen LogP contribution in [-0.4, -0.2) is 28.9 Å². The van der Waals surface area contributed by atoms with Crippen molar-refractivity contribution in [3.8, 4) is 0 Å². The molecular weight excluding hydrogens is 311 g/mol. The van der Waals surface area contributed by atoms with Gasteiger partial charge in [-0.2, -0.15) is 0 Å². The van der Waals surface area contributed by atoms with E-state index < -0.39 is 0 Å². The van der Waals surface area contributed by atoms with Gasteiger partial charge in [0.2, 0.25) is 0 Å². The van der Waals surface area contributed by atoms with E-state index in [0.717, 1.165) is 0 Å². The van der Waals surface area contributed by atoms with E-state index in [9.17, 15) is 24.0 Å². The summed E-state index contributed by atoms with van der Waals surface area (Å²) in [4.78, 5) is 50.8. The van der Waals surface area contributed by atoms with Crippen LogP contribution >= 0.6 is 0 Å². The third-order valence-corrected chi connectivity index (χ3v) is 2.17. The molecule has 0 aromatic carbocycles. The molecule has 0 fully saturated rings. The predicted molar refractivity (Wildman–Crippen MR) is 83.3 cm³/mol. The molecule has 0 radical (unpaired) electrons. The Labute approximate surface area is 177 Å². The molecule has 0 aliphatic rings. The summed E-state index contributed by atoms with van der Waals surface area (Å²) in [5.41, 5.74) is 0. The van der Waals surface area contributed by atoms with Crippen molar-refractivity contribution in [3.05, 3.63) is 0 Å². The van der Waals surface area contributed by atoms with Crippen LogP contribution in [0.1, 0.15) is 75.1 Å². The molecule has 0 aliphatic heterocycles. The minimum atomic E-state index is -0.0446. The summed E-state index contributed by atoms with van der Waals surface area (Å²) in [6.45, 7) is 9.59. The van der Waals surface area contributed by atoms with Crippen molar-refractivity contribution >= 4 is 28.9 Å². The van der Waals surface area contributed by atoms with Crippen molar-refractivity contribution in [1.29, 1.82) is 0 Å². The second-order valence-corrected chi connectivity index (χ2v) is 4.73. The summed E-state index contributed by atoms with van der Waals surface area (Å²) < 4.78 is 0. The summed E-state index contributed by atoms with van der Waals surface area (Å²) in [6.07, 6.45) is 2.04. The van der Waals surface area contributed by atoms with E-state index >= 15 is 0 Å². The van der Waals surface area contributed by atoms with Gasteiger partial charge in [-0.1, -0.05) is 13.8 Å². The van der Waals surface area contributed by atoms with Crippen LogP contribution in [0.25, 0.3) is 0 Å². The fourth-order valence-electron chi connectivity index (χ4n) is 0.755. The van der Waals surface area contributed by atoms with Crippen molar-refractivity contribution in [2.75, 3.05) is 0 Å². The van der Waals surface area contributed by atoms with Crippen LogP contribution in [0.3, 0.4) is 0 Å². The second kappa shape index (κ2) is 21.0. The molecule has 124 valence electrons. The quantitative estimate of drug-likeness (QED) is 0.481. The molecule has 0 unspecified atom stereocenters. The van der Waals surface area contributed by atoms with Gasteiger partial charge >= 0.3 is 51.4 Å². The van der Waals surface area contributed by atoms with Crippen LogP contribution < -0.4 is 51.4 Å². The first kappa shape index (κ1) is 29.9. The smallest absolute Gasteiger partial charge is 1.00 e. The van der Waals surface area contributed by atoms with E-state index in [4.69, 9.17) is 0 Å². The standard InChI is InChI=1S/2C6H10O2.C4H8O.K.H/c1-5(7)3-4-6(2)8;1-3-6(8)4-5(2)7;1-3-4(2)5;;/h2*3-4H2,1-2H3;3H2,1-2H3;;/q;;;+1;-1. The zero-order valence-electron chi connectivity index (χ0n) is 16.1. The average molecular weight is 341 g/mol. The molecule has 22 heavy (non-hydrogen) atoms. The predicted octanol–water partition coefficient (Wildman–Crippen LogP) is -0.00890. The molecule has 0 saturated carbocycles. The maximum absolute atomic E-state index is 10.4. The van der Waals surface area contributed by atoms with Crippen molar-refractivity contribution in [2.24, 2.45) is 0 Å². The van der Waals surface area contributed by atoms with Gasteiger partial charge in [-0.3, -0.25) is 9.59 Å². The van der Waals surface area contributed by atoms with Gasteiger partial charge in [-0.15, -0.1) is 0 Å². The van der Waals surface area contributed by atoms with Crippen molar-refractivity contribution in [2.45, 2.75) is 73.6 Å². The number of carbonyl (C=O) groups excluding carboxylic acids is 5. The van der Waals surface area contributed by atoms with Crippen LogP contribution in [0.2, 0.25) is 0 Å². The van der Waals surface area contributed by atoms with Gasteiger partial charge in [-0.05, 0) is 27.7 Å². The minimum absolute atomic E-state index is 0. The van der Waals surface area contributed by atoms with Gasteiger partial charge in [0.05, 0.1) is 6.42 Å². The Morgan fingerprint density at radius 3 is 1.05 bits per heavy atom. The van der Waals surface area contributed by atoms with Gasteiger partial charge < -0.3 is 15.8 Å². The van der Waals surface area contributed by atoms with Gasteiger partial charge in [-0.25, -0.2) is 0 Å². The van der Waals surface area contributed by atoms with Gasteiger partial charge in [0.25, 0.3) is 0 Å². The van der Waals surface area contributed by atoms with E-state index in [0.29, 0.717) is 25.7 Å². The summed E-state index contributed by atoms with van der Waals surface area (Å²) in [5, 5.41) is 0. The number of rotatable bonds is 7. The second-order valence-electron chi connectivity index (χ2n) is 4.73. The van der Waals surface area contributed by atoms with Gasteiger partial charge in [0.15, 0.2) is 0 Å². The monoisotopic (exact) mass is 340 g/mol. The SMILES string of the molecule is CC(=O)CCC(C)=O.CCC(=O)CC(C)=O.CCC(C)=O.[H-].[K+]. The zero-order valence-corrected chi connectivity index (χ0v) is 18.2. The molecule has 0 bridgehead atoms. The topological polar surface area (TPSA) is 85.3 Å². The summed E-state index contributed by atoms with van der Waals surface area (Å²) in [7, 11) is 0. The van der Waals surface area contributed by atoms with Crippen molar-refractivity contribution in [3.63, 3.8) is 0 Å². The Balaban J connectivity index is -0.0000000693. The van der Waals surface area contributed by atoms with Crippen LogP contribution in [0, 0.1) is 0 Å². The Bertz CT molecular complexity index is 353. The van der Waals surface area contributed by atoms with Crippen LogP contribution in [0.4, 0.5) is 0 Å². The molecule has 0 aromatic heterocycles. The molecule has 0 spiro atoms. The molecule has 0 saturated heterocycles. The maximum atomic E-state index is 10.4. The number of hydrogen-bond acceptors (Lipinski definition) is 5. The molecule has 5 nitrogen and oxygen atoms in total. The fraction of sp³-hybridized carbons (Fsp3) is 0.688. The molecule has 0 aromatic rings. The Morgan fingerprint density at radius 2 is 0.955 bits per heavy atom. The van der Waals surface area contributed by atoms with Crippen LogP contribution in [-0.2, 0) is 24.0 Å². The average Bonchev–Trinajstić information content (AvgIpc) is 2.36. The van der Waals surface area contributed by atoms with Gasteiger partial charge in [0, 0.05) is 25.7 Å². The zero-order chi connectivity index (χ0) is 17.4. The van der Waals surface area contributed by atoms with Crippen LogP contribution in [0.15, 0.2) is 0 Å². The molecule has 6 heteroatoms. The largest absolute Gasteiger partial charge is 1.00 e. The summed E-state index contributed by atoms with van der Waals surface area (Å²) in [5.74, 6) is 0.403. The Hall–Kier alpha value is -0.0136. The Kier molecular flexibility index (Phi) is 28.6. The normalized spacial score (nSPS) is 8.09. The fourth-order valence-corrected chi connectivity index (χ4v) is 0.755. The van der Waals surface area contributed by atoms with E-state index in [1.165, 1.54) is 20.8 Å². The first-order chi connectivity index (χ1) is 9.56. The van der Waals surface area contributed by atoms with E-state index in [1.807, 2.05) is 6.92 Å². The molecule has 0 atom stereocenters. The number of ketones is 5. The number of hydrogen-bond donors (Lipinski definition) is 0. The first-order valence-electron chi connectivity index (χ1n) is 7.06. The molecule has 0 aliphatic carbocycles.